The topological polar surface area (TPSA) is 20.2 Å². The Morgan fingerprint density at radius 1 is 1.33 bits per heavy atom. The Hall–Kier alpha value is -0.560. The summed E-state index contributed by atoms with van der Waals surface area (Å²) in [5, 5.41) is 10.2. The Bertz CT molecular complexity index is 170. The van der Waals surface area contributed by atoms with Crippen LogP contribution in [0.2, 0.25) is 0 Å². The lowest BCUT2D eigenvalue weighted by Crippen LogP contribution is -2.38. The van der Waals surface area contributed by atoms with Crippen molar-refractivity contribution in [3.63, 3.8) is 0 Å². The second kappa shape index (κ2) is 4.46. The molecule has 0 saturated carbocycles. The number of hydrogen-bond acceptors (Lipinski definition) is 1. The molecule has 0 aromatic rings. The van der Waals surface area contributed by atoms with Crippen LogP contribution >= 0.6 is 0 Å². The van der Waals surface area contributed by atoms with Crippen molar-refractivity contribution in [2.24, 2.45) is 11.8 Å². The molecule has 0 fully saturated rings. The molecule has 0 aliphatic heterocycles. The van der Waals surface area contributed by atoms with E-state index in [1.165, 1.54) is 0 Å². The molecule has 0 rings (SSSR count). The van der Waals surface area contributed by atoms with Crippen LogP contribution in [0.15, 0.2) is 24.8 Å². The van der Waals surface area contributed by atoms with E-state index in [-0.39, 0.29) is 11.8 Å². The Balaban J connectivity index is 4.72. The zero-order valence-electron chi connectivity index (χ0n) is 8.54. The summed E-state index contributed by atoms with van der Waals surface area (Å²) in [6.07, 6.45) is 5.53. The van der Waals surface area contributed by atoms with E-state index in [9.17, 15) is 5.11 Å². The fourth-order valence-electron chi connectivity index (χ4n) is 1.33. The third-order valence-electron chi connectivity index (χ3n) is 2.44. The Morgan fingerprint density at radius 2 is 1.83 bits per heavy atom. The van der Waals surface area contributed by atoms with Crippen molar-refractivity contribution < 1.29 is 5.11 Å². The SMILES string of the molecule is C=C[C@@H](C)[C@](O)(/C=C/C)C(C)C. The third-order valence-corrected chi connectivity index (χ3v) is 2.44. The predicted molar refractivity (Wildman–Crippen MR) is 54.0 cm³/mol. The van der Waals surface area contributed by atoms with Crippen LogP contribution in [-0.2, 0) is 0 Å². The number of aliphatic hydroxyl groups is 1. The van der Waals surface area contributed by atoms with Crippen LogP contribution in [0, 0.1) is 11.8 Å². The molecule has 1 N–H and O–H groups in total. The summed E-state index contributed by atoms with van der Waals surface area (Å²) < 4.78 is 0. The van der Waals surface area contributed by atoms with Gasteiger partial charge in [-0.25, -0.2) is 0 Å². The molecule has 0 aliphatic rings. The first-order chi connectivity index (χ1) is 5.49. The van der Waals surface area contributed by atoms with Crippen LogP contribution in [-0.4, -0.2) is 10.7 Å². The molecule has 0 saturated heterocycles. The van der Waals surface area contributed by atoms with Crippen molar-refractivity contribution >= 4 is 0 Å². The predicted octanol–water partition coefficient (Wildman–Crippen LogP) is 2.77. The van der Waals surface area contributed by atoms with Crippen molar-refractivity contribution in [1.82, 2.24) is 0 Å². The van der Waals surface area contributed by atoms with Crippen LogP contribution in [0.4, 0.5) is 0 Å². The van der Waals surface area contributed by atoms with Gasteiger partial charge in [0.05, 0.1) is 5.60 Å². The van der Waals surface area contributed by atoms with Crippen LogP contribution in [0.1, 0.15) is 27.7 Å². The van der Waals surface area contributed by atoms with Gasteiger partial charge in [-0.15, -0.1) is 6.58 Å². The van der Waals surface area contributed by atoms with Gasteiger partial charge in [0.25, 0.3) is 0 Å². The largest absolute Gasteiger partial charge is 0.385 e. The lowest BCUT2D eigenvalue weighted by Gasteiger charge is -2.33. The average molecular weight is 168 g/mol. The maximum atomic E-state index is 10.2. The van der Waals surface area contributed by atoms with Crippen molar-refractivity contribution in [2.75, 3.05) is 0 Å². The van der Waals surface area contributed by atoms with E-state index in [1.54, 1.807) is 6.08 Å². The van der Waals surface area contributed by atoms with Crippen LogP contribution < -0.4 is 0 Å². The summed E-state index contributed by atoms with van der Waals surface area (Å²) >= 11 is 0. The first-order valence-electron chi connectivity index (χ1n) is 4.47. The third kappa shape index (κ3) is 2.21. The molecule has 0 amide bonds. The zero-order valence-corrected chi connectivity index (χ0v) is 8.54. The molecule has 0 aromatic heterocycles. The molecule has 1 nitrogen and oxygen atoms in total. The second-order valence-electron chi connectivity index (χ2n) is 3.57. The van der Waals surface area contributed by atoms with Gasteiger partial charge in [-0.05, 0) is 12.8 Å². The summed E-state index contributed by atoms with van der Waals surface area (Å²) in [5.74, 6) is 0.301. The van der Waals surface area contributed by atoms with Crippen LogP contribution in [0.25, 0.3) is 0 Å². The zero-order chi connectivity index (χ0) is 9.78. The normalized spacial score (nSPS) is 19.5. The Morgan fingerprint density at radius 3 is 2.08 bits per heavy atom. The molecular formula is C11H20O. The molecule has 0 heterocycles. The average Bonchev–Trinajstić information content (AvgIpc) is 2.03. The van der Waals surface area contributed by atoms with E-state index in [0.29, 0.717) is 0 Å². The van der Waals surface area contributed by atoms with Gasteiger partial charge in [0.15, 0.2) is 0 Å². The minimum Gasteiger partial charge on any atom is -0.385 e. The van der Waals surface area contributed by atoms with Gasteiger partial charge < -0.3 is 5.11 Å². The molecule has 0 bridgehead atoms. The molecule has 1 heteroatoms. The molecule has 0 aromatic carbocycles. The second-order valence-corrected chi connectivity index (χ2v) is 3.57. The van der Waals surface area contributed by atoms with Gasteiger partial charge in [-0.1, -0.05) is 39.0 Å². The highest BCUT2D eigenvalue weighted by atomic mass is 16.3. The Labute approximate surface area is 75.8 Å². The van der Waals surface area contributed by atoms with Crippen molar-refractivity contribution in [3.8, 4) is 0 Å². The highest BCUT2D eigenvalue weighted by Crippen LogP contribution is 2.28. The minimum absolute atomic E-state index is 0.0914. The van der Waals surface area contributed by atoms with E-state index in [4.69, 9.17) is 0 Å². The van der Waals surface area contributed by atoms with Crippen molar-refractivity contribution in [1.29, 1.82) is 0 Å². The Kier molecular flexibility index (Phi) is 4.25. The maximum absolute atomic E-state index is 10.2. The van der Waals surface area contributed by atoms with Gasteiger partial charge in [0, 0.05) is 5.92 Å². The molecular weight excluding hydrogens is 148 g/mol. The first-order valence-corrected chi connectivity index (χ1v) is 4.47. The van der Waals surface area contributed by atoms with Crippen LogP contribution in [0.3, 0.4) is 0 Å². The molecule has 0 unspecified atom stereocenters. The molecule has 0 aliphatic carbocycles. The smallest absolute Gasteiger partial charge is 0.0909 e. The lowest BCUT2D eigenvalue weighted by molar-refractivity contribution is 0.00992. The summed E-state index contributed by atoms with van der Waals surface area (Å²) in [5.41, 5.74) is -0.740. The lowest BCUT2D eigenvalue weighted by atomic mass is 9.79. The molecule has 12 heavy (non-hydrogen) atoms. The number of allylic oxidation sites excluding steroid dienone is 1. The van der Waals surface area contributed by atoms with Gasteiger partial charge in [0.1, 0.15) is 0 Å². The van der Waals surface area contributed by atoms with E-state index in [0.717, 1.165) is 0 Å². The van der Waals surface area contributed by atoms with Gasteiger partial charge in [-0.3, -0.25) is 0 Å². The van der Waals surface area contributed by atoms with Crippen molar-refractivity contribution in [3.05, 3.63) is 24.8 Å². The van der Waals surface area contributed by atoms with E-state index >= 15 is 0 Å². The van der Waals surface area contributed by atoms with Crippen molar-refractivity contribution in [2.45, 2.75) is 33.3 Å². The maximum Gasteiger partial charge on any atom is 0.0909 e. The molecule has 2 atom stereocenters. The highest BCUT2D eigenvalue weighted by molar-refractivity contribution is 5.08. The minimum atomic E-state index is -0.740. The van der Waals surface area contributed by atoms with Crippen LogP contribution in [0.5, 0.6) is 0 Å². The monoisotopic (exact) mass is 168 g/mol. The molecule has 0 radical (unpaired) electrons. The summed E-state index contributed by atoms with van der Waals surface area (Å²) in [6.45, 7) is 11.6. The van der Waals surface area contributed by atoms with E-state index < -0.39 is 5.60 Å². The molecule has 0 spiro atoms. The summed E-state index contributed by atoms with van der Waals surface area (Å²) in [4.78, 5) is 0. The van der Waals surface area contributed by atoms with Gasteiger partial charge >= 0.3 is 0 Å². The fourth-order valence-corrected chi connectivity index (χ4v) is 1.33. The summed E-state index contributed by atoms with van der Waals surface area (Å²) in [7, 11) is 0. The standard InChI is InChI=1S/C11H20O/c1-6-8-11(12,9(3)4)10(5)7-2/h6-10,12H,2H2,1,3-5H3/b8-6+/t10-,11+/m1/s1. The first kappa shape index (κ1) is 11.4. The number of hydrogen-bond donors (Lipinski definition) is 1. The summed E-state index contributed by atoms with van der Waals surface area (Å²) in [6, 6.07) is 0. The van der Waals surface area contributed by atoms with E-state index in [2.05, 4.69) is 6.58 Å². The quantitative estimate of drug-likeness (QED) is 0.640. The molecule has 70 valence electrons. The fraction of sp³-hybridized carbons (Fsp3) is 0.636. The van der Waals surface area contributed by atoms with Gasteiger partial charge in [-0.2, -0.15) is 0 Å². The van der Waals surface area contributed by atoms with Gasteiger partial charge in [0.2, 0.25) is 0 Å². The highest BCUT2D eigenvalue weighted by Gasteiger charge is 2.32. The number of rotatable bonds is 4. The van der Waals surface area contributed by atoms with E-state index in [1.807, 2.05) is 39.8 Å².